The smallest absolute Gasteiger partial charge is 0.261 e. The summed E-state index contributed by atoms with van der Waals surface area (Å²) in [6, 6.07) is 21.6. The molecule has 0 aromatic heterocycles. The summed E-state index contributed by atoms with van der Waals surface area (Å²) in [6.07, 6.45) is 11.7. The highest BCUT2D eigenvalue weighted by molar-refractivity contribution is 6.99. The molecule has 1 aliphatic heterocycles. The number of ketones is 1. The van der Waals surface area contributed by atoms with Crippen LogP contribution in [0.4, 0.5) is 0 Å². The van der Waals surface area contributed by atoms with Gasteiger partial charge in [0.1, 0.15) is 0 Å². The Morgan fingerprint density at radius 2 is 1.63 bits per heavy atom. The van der Waals surface area contributed by atoms with Gasteiger partial charge in [0.05, 0.1) is 6.61 Å². The van der Waals surface area contributed by atoms with Crippen molar-refractivity contribution in [3.05, 3.63) is 60.7 Å². The van der Waals surface area contributed by atoms with E-state index in [1.54, 1.807) is 0 Å². The fourth-order valence-electron chi connectivity index (χ4n) is 7.52. The van der Waals surface area contributed by atoms with Gasteiger partial charge in [-0.25, -0.2) is 0 Å². The summed E-state index contributed by atoms with van der Waals surface area (Å²) in [5, 5.41) is 2.49. The van der Waals surface area contributed by atoms with E-state index >= 15 is 0 Å². The number of carbonyl (C=O) groups excluding carboxylic acids is 1. The van der Waals surface area contributed by atoms with Crippen LogP contribution in [0.2, 0.25) is 5.04 Å². The van der Waals surface area contributed by atoms with Gasteiger partial charge in [-0.05, 0) is 47.0 Å². The number of epoxide rings is 1. The largest absolute Gasteiger partial charge is 0.407 e. The first-order chi connectivity index (χ1) is 16.8. The van der Waals surface area contributed by atoms with E-state index in [0.717, 1.165) is 32.1 Å². The zero-order chi connectivity index (χ0) is 24.7. The molecule has 2 saturated carbocycles. The molecule has 0 bridgehead atoms. The molecule has 0 unspecified atom stereocenters. The molecule has 3 fully saturated rings. The van der Waals surface area contributed by atoms with Crippen LogP contribution in [0.5, 0.6) is 0 Å². The average Bonchev–Trinajstić information content (AvgIpc) is 3.66. The zero-order valence-electron chi connectivity index (χ0n) is 21.4. The van der Waals surface area contributed by atoms with Crippen molar-refractivity contribution in [1.29, 1.82) is 0 Å². The Morgan fingerprint density at radius 1 is 1.03 bits per heavy atom. The number of fused-ring (bicyclic) bond motifs is 1. The van der Waals surface area contributed by atoms with Gasteiger partial charge in [0.25, 0.3) is 8.32 Å². The van der Waals surface area contributed by atoms with Crippen molar-refractivity contribution in [2.75, 3.05) is 13.2 Å². The SMILES string of the molecule is C#C[C@@H]1CCC[C@H](CO[Si](c2ccccc2)(c2ccccc2)C(C)(C)C)[C@]12CCCC(=O)[C@@]21CO1. The van der Waals surface area contributed by atoms with Crippen molar-refractivity contribution in [3.8, 4) is 12.3 Å². The summed E-state index contributed by atoms with van der Waals surface area (Å²) in [4.78, 5) is 13.2. The van der Waals surface area contributed by atoms with Crippen LogP contribution in [-0.2, 0) is 14.0 Å². The minimum absolute atomic E-state index is 0.0655. The van der Waals surface area contributed by atoms with E-state index in [-0.39, 0.29) is 28.1 Å². The lowest BCUT2D eigenvalue weighted by molar-refractivity contribution is -0.144. The number of terminal acetylenes is 1. The molecule has 2 aromatic carbocycles. The maximum absolute atomic E-state index is 13.2. The van der Waals surface area contributed by atoms with Gasteiger partial charge < -0.3 is 9.16 Å². The average molecular weight is 487 g/mol. The van der Waals surface area contributed by atoms with E-state index < -0.39 is 13.9 Å². The van der Waals surface area contributed by atoms with E-state index in [1.807, 2.05) is 0 Å². The van der Waals surface area contributed by atoms with Crippen LogP contribution < -0.4 is 10.4 Å². The monoisotopic (exact) mass is 486 g/mol. The van der Waals surface area contributed by atoms with Crippen LogP contribution >= 0.6 is 0 Å². The summed E-state index contributed by atoms with van der Waals surface area (Å²) in [6.45, 7) is 8.09. The first-order valence-corrected chi connectivity index (χ1v) is 15.1. The van der Waals surface area contributed by atoms with Crippen molar-refractivity contribution in [2.24, 2.45) is 17.3 Å². The molecule has 35 heavy (non-hydrogen) atoms. The molecule has 184 valence electrons. The van der Waals surface area contributed by atoms with Crippen LogP contribution in [0.3, 0.4) is 0 Å². The minimum atomic E-state index is -2.67. The van der Waals surface area contributed by atoms with Crippen LogP contribution in [0, 0.1) is 29.6 Å². The lowest BCUT2D eigenvalue weighted by Gasteiger charge is -2.54. The van der Waals surface area contributed by atoms with Crippen LogP contribution in [0.1, 0.15) is 59.3 Å². The highest BCUT2D eigenvalue weighted by atomic mass is 28.4. The maximum Gasteiger partial charge on any atom is 0.261 e. The number of hydrogen-bond acceptors (Lipinski definition) is 3. The van der Waals surface area contributed by atoms with Gasteiger partial charge in [-0.15, -0.1) is 12.3 Å². The molecule has 4 atom stereocenters. The Bertz CT molecular complexity index is 1050. The highest BCUT2D eigenvalue weighted by Gasteiger charge is 2.72. The van der Waals surface area contributed by atoms with Gasteiger partial charge in [-0.2, -0.15) is 0 Å². The normalized spacial score (nSPS) is 30.9. The van der Waals surface area contributed by atoms with Crippen molar-refractivity contribution in [1.82, 2.24) is 0 Å². The fraction of sp³-hybridized carbons (Fsp3) is 0.516. The number of hydrogen-bond donors (Lipinski definition) is 0. The van der Waals surface area contributed by atoms with Gasteiger partial charge in [-0.3, -0.25) is 4.79 Å². The molecule has 2 aromatic rings. The standard InChI is InChI=1S/C31H38O3Si/c1-5-24-14-12-15-25(30(24)21-13-20-28(32)31(30)23-33-31)22-34-35(29(2,3)4,26-16-8-6-9-17-26)27-18-10-7-11-19-27/h1,6-11,16-19,24-25H,12-15,20-23H2,2-4H3/t24-,25-,30+,31+/m1/s1. The van der Waals surface area contributed by atoms with Crippen molar-refractivity contribution >= 4 is 24.5 Å². The van der Waals surface area contributed by atoms with E-state index in [1.165, 1.54) is 10.4 Å². The second-order valence-electron chi connectivity index (χ2n) is 11.8. The Kier molecular flexibility index (Phi) is 6.32. The first-order valence-electron chi connectivity index (χ1n) is 13.2. The van der Waals surface area contributed by atoms with E-state index in [4.69, 9.17) is 15.6 Å². The van der Waals surface area contributed by atoms with Gasteiger partial charge >= 0.3 is 0 Å². The molecule has 3 nitrogen and oxygen atoms in total. The minimum Gasteiger partial charge on any atom is -0.407 e. The summed E-state index contributed by atoms with van der Waals surface area (Å²) in [7, 11) is -2.67. The number of rotatable bonds is 5. The quantitative estimate of drug-likeness (QED) is 0.334. The third kappa shape index (κ3) is 3.67. The molecule has 2 aliphatic carbocycles. The number of Topliss-reactive ketones (excluding diaryl/α,β-unsaturated/α-hetero) is 1. The number of carbonyl (C=O) groups is 1. The molecule has 1 saturated heterocycles. The van der Waals surface area contributed by atoms with Crippen LogP contribution in [-0.4, -0.2) is 32.9 Å². The lowest BCUT2D eigenvalue weighted by atomic mass is 9.49. The molecule has 2 spiro atoms. The summed E-state index contributed by atoms with van der Waals surface area (Å²) in [5.74, 6) is 3.67. The van der Waals surface area contributed by atoms with E-state index in [2.05, 4.69) is 87.4 Å². The van der Waals surface area contributed by atoms with Gasteiger partial charge in [-0.1, -0.05) is 87.9 Å². The lowest BCUT2D eigenvalue weighted by Crippen LogP contribution is -2.68. The van der Waals surface area contributed by atoms with E-state index in [9.17, 15) is 4.79 Å². The van der Waals surface area contributed by atoms with Gasteiger partial charge in [0, 0.05) is 24.4 Å². The fourth-order valence-corrected chi connectivity index (χ4v) is 12.1. The number of benzene rings is 2. The van der Waals surface area contributed by atoms with Crippen molar-refractivity contribution in [3.63, 3.8) is 0 Å². The van der Waals surface area contributed by atoms with Crippen molar-refractivity contribution in [2.45, 2.75) is 69.9 Å². The summed E-state index contributed by atoms with van der Waals surface area (Å²) < 4.78 is 13.5. The Labute approximate surface area is 211 Å². The Balaban J connectivity index is 1.59. The Hall–Kier alpha value is -2.19. The van der Waals surface area contributed by atoms with Crippen LogP contribution in [0.15, 0.2) is 60.7 Å². The predicted octanol–water partition coefficient (Wildman–Crippen LogP) is 5.12. The summed E-state index contributed by atoms with van der Waals surface area (Å²) in [5.41, 5.74) is -0.983. The van der Waals surface area contributed by atoms with Gasteiger partial charge in [0.2, 0.25) is 0 Å². The molecule has 4 heteroatoms. The Morgan fingerprint density at radius 3 is 2.14 bits per heavy atom. The summed E-state index contributed by atoms with van der Waals surface area (Å²) >= 11 is 0. The molecule has 0 amide bonds. The molecule has 3 aliphatic rings. The molecular formula is C31H38O3Si. The topological polar surface area (TPSA) is 38.8 Å². The second kappa shape index (κ2) is 9.03. The van der Waals surface area contributed by atoms with Crippen molar-refractivity contribution < 1.29 is 14.0 Å². The van der Waals surface area contributed by atoms with E-state index in [0.29, 0.717) is 19.6 Å². The zero-order valence-corrected chi connectivity index (χ0v) is 22.4. The molecule has 1 heterocycles. The second-order valence-corrected chi connectivity index (χ2v) is 16.1. The maximum atomic E-state index is 13.2. The highest BCUT2D eigenvalue weighted by Crippen LogP contribution is 2.64. The molecule has 0 radical (unpaired) electrons. The third-order valence-corrected chi connectivity index (χ3v) is 14.1. The van der Waals surface area contributed by atoms with Gasteiger partial charge in [0.15, 0.2) is 11.4 Å². The predicted molar refractivity (Wildman–Crippen MR) is 143 cm³/mol. The first kappa shape index (κ1) is 24.5. The van der Waals surface area contributed by atoms with Crippen LogP contribution in [0.25, 0.3) is 0 Å². The number of ether oxygens (including phenoxy) is 1. The molecule has 0 N–H and O–H groups in total. The molecule has 5 rings (SSSR count). The molecular weight excluding hydrogens is 448 g/mol. The third-order valence-electron chi connectivity index (χ3n) is 9.14.